The molecule has 3 unspecified atom stereocenters. The monoisotopic (exact) mass is 299 g/mol. The van der Waals surface area contributed by atoms with Crippen LogP contribution in [0.5, 0.6) is 0 Å². The minimum Gasteiger partial charge on any atom is -0.481 e. The second-order valence-corrected chi connectivity index (χ2v) is 5.45. The highest BCUT2D eigenvalue weighted by molar-refractivity contribution is 5.95. The molecule has 118 valence electrons. The SMILES string of the molecule is COCCNC(=O)NC(=O)CN1C2CCC1C(C(=O)O)C2. The maximum atomic E-state index is 11.8. The van der Waals surface area contributed by atoms with E-state index < -0.39 is 23.8 Å². The van der Waals surface area contributed by atoms with Crippen LogP contribution in [0.1, 0.15) is 19.3 Å². The quantitative estimate of drug-likeness (QED) is 0.565. The lowest BCUT2D eigenvalue weighted by Gasteiger charge is -2.21. The second-order valence-electron chi connectivity index (χ2n) is 5.45. The van der Waals surface area contributed by atoms with Gasteiger partial charge in [0.25, 0.3) is 0 Å². The van der Waals surface area contributed by atoms with E-state index in [9.17, 15) is 14.4 Å². The van der Waals surface area contributed by atoms with E-state index in [0.29, 0.717) is 19.6 Å². The number of carbonyl (C=O) groups excluding carboxylic acids is 2. The molecule has 21 heavy (non-hydrogen) atoms. The van der Waals surface area contributed by atoms with E-state index in [4.69, 9.17) is 9.84 Å². The molecule has 2 aliphatic heterocycles. The van der Waals surface area contributed by atoms with E-state index in [0.717, 1.165) is 12.8 Å². The molecule has 0 spiro atoms. The average Bonchev–Trinajstić information content (AvgIpc) is 2.96. The van der Waals surface area contributed by atoms with Crippen LogP contribution in [-0.4, -0.2) is 66.8 Å². The molecule has 8 nitrogen and oxygen atoms in total. The topological polar surface area (TPSA) is 108 Å². The predicted molar refractivity (Wildman–Crippen MR) is 72.7 cm³/mol. The molecule has 0 radical (unpaired) electrons. The molecular formula is C13H21N3O5. The smallest absolute Gasteiger partial charge is 0.321 e. The number of hydrogen-bond acceptors (Lipinski definition) is 5. The van der Waals surface area contributed by atoms with Gasteiger partial charge < -0.3 is 15.2 Å². The summed E-state index contributed by atoms with van der Waals surface area (Å²) in [5, 5.41) is 13.9. The number of nitrogens with zero attached hydrogens (tertiary/aromatic N) is 1. The number of fused-ring (bicyclic) bond motifs is 2. The van der Waals surface area contributed by atoms with Crippen molar-refractivity contribution in [2.75, 3.05) is 26.8 Å². The molecule has 2 heterocycles. The van der Waals surface area contributed by atoms with Gasteiger partial charge in [0.15, 0.2) is 0 Å². The highest BCUT2D eigenvalue weighted by Gasteiger charge is 2.49. The van der Waals surface area contributed by atoms with E-state index in [1.807, 2.05) is 4.90 Å². The van der Waals surface area contributed by atoms with Gasteiger partial charge in [-0.1, -0.05) is 0 Å². The molecule has 3 amide bonds. The van der Waals surface area contributed by atoms with Gasteiger partial charge in [-0.15, -0.1) is 0 Å². The third kappa shape index (κ3) is 3.70. The molecule has 2 rings (SSSR count). The zero-order chi connectivity index (χ0) is 15.4. The van der Waals surface area contributed by atoms with Crippen LogP contribution in [-0.2, 0) is 14.3 Å². The molecule has 0 aliphatic carbocycles. The Balaban J connectivity index is 1.78. The Kier molecular flexibility index (Phi) is 5.13. The third-order valence-corrected chi connectivity index (χ3v) is 4.17. The van der Waals surface area contributed by atoms with Crippen LogP contribution in [0.15, 0.2) is 0 Å². The summed E-state index contributed by atoms with van der Waals surface area (Å²) in [4.78, 5) is 36.3. The van der Waals surface area contributed by atoms with E-state index in [2.05, 4.69) is 10.6 Å². The first-order valence-electron chi connectivity index (χ1n) is 7.08. The van der Waals surface area contributed by atoms with Gasteiger partial charge in [-0.25, -0.2) is 4.79 Å². The van der Waals surface area contributed by atoms with Gasteiger partial charge in [0, 0.05) is 25.7 Å². The summed E-state index contributed by atoms with van der Waals surface area (Å²) in [7, 11) is 1.52. The summed E-state index contributed by atoms with van der Waals surface area (Å²) < 4.78 is 4.78. The number of imide groups is 1. The van der Waals surface area contributed by atoms with Gasteiger partial charge in [-0.2, -0.15) is 0 Å². The molecule has 3 N–H and O–H groups in total. The number of ether oxygens (including phenoxy) is 1. The summed E-state index contributed by atoms with van der Waals surface area (Å²) in [6.07, 6.45) is 2.31. The van der Waals surface area contributed by atoms with Crippen molar-refractivity contribution >= 4 is 17.9 Å². The fourth-order valence-electron chi connectivity index (χ4n) is 3.26. The van der Waals surface area contributed by atoms with Crippen molar-refractivity contribution in [2.45, 2.75) is 31.3 Å². The van der Waals surface area contributed by atoms with Crippen LogP contribution >= 0.6 is 0 Å². The van der Waals surface area contributed by atoms with Crippen molar-refractivity contribution in [3.05, 3.63) is 0 Å². The minimum absolute atomic E-state index is 0.0663. The van der Waals surface area contributed by atoms with E-state index in [1.54, 1.807) is 0 Å². The van der Waals surface area contributed by atoms with E-state index in [1.165, 1.54) is 7.11 Å². The average molecular weight is 299 g/mol. The largest absolute Gasteiger partial charge is 0.481 e. The number of methoxy groups -OCH3 is 1. The molecule has 8 heteroatoms. The van der Waals surface area contributed by atoms with Gasteiger partial charge in [0.2, 0.25) is 5.91 Å². The Hall–Kier alpha value is -1.67. The van der Waals surface area contributed by atoms with Crippen molar-refractivity contribution in [1.82, 2.24) is 15.5 Å². The maximum absolute atomic E-state index is 11.8. The summed E-state index contributed by atoms with van der Waals surface area (Å²) in [6.45, 7) is 0.765. The maximum Gasteiger partial charge on any atom is 0.321 e. The van der Waals surface area contributed by atoms with Crippen molar-refractivity contribution in [3.8, 4) is 0 Å². The van der Waals surface area contributed by atoms with Crippen LogP contribution in [0.4, 0.5) is 4.79 Å². The fraction of sp³-hybridized carbons (Fsp3) is 0.769. The van der Waals surface area contributed by atoms with Gasteiger partial charge in [0.1, 0.15) is 0 Å². The number of amides is 3. The lowest BCUT2D eigenvalue weighted by molar-refractivity contribution is -0.143. The summed E-state index contributed by atoms with van der Waals surface area (Å²) in [6, 6.07) is -0.508. The standard InChI is InChI=1S/C13H21N3O5/c1-21-5-4-14-13(20)15-11(17)7-16-8-2-3-10(16)9(6-8)12(18)19/h8-10H,2-7H2,1H3,(H,18,19)(H2,14,15,17,20). The number of nitrogens with one attached hydrogen (secondary N) is 2. The lowest BCUT2D eigenvalue weighted by Crippen LogP contribution is -2.46. The first kappa shape index (κ1) is 15.7. The van der Waals surface area contributed by atoms with Gasteiger partial charge >= 0.3 is 12.0 Å². The zero-order valence-electron chi connectivity index (χ0n) is 12.0. The first-order chi connectivity index (χ1) is 10.0. The zero-order valence-corrected chi connectivity index (χ0v) is 12.0. The minimum atomic E-state index is -0.801. The van der Waals surface area contributed by atoms with Crippen LogP contribution < -0.4 is 10.6 Å². The van der Waals surface area contributed by atoms with Gasteiger partial charge in [-0.3, -0.25) is 19.8 Å². The highest BCUT2D eigenvalue weighted by Crippen LogP contribution is 2.41. The molecule has 0 aromatic carbocycles. The molecular weight excluding hydrogens is 278 g/mol. The number of carbonyl (C=O) groups is 3. The number of urea groups is 1. The Labute approximate surface area is 122 Å². The van der Waals surface area contributed by atoms with Crippen molar-refractivity contribution in [1.29, 1.82) is 0 Å². The van der Waals surface area contributed by atoms with Crippen molar-refractivity contribution in [3.63, 3.8) is 0 Å². The molecule has 0 aromatic heterocycles. The summed E-state index contributed by atoms with van der Waals surface area (Å²) in [5.74, 6) is -1.61. The highest BCUT2D eigenvalue weighted by atomic mass is 16.5. The molecule has 2 fully saturated rings. The Morgan fingerprint density at radius 3 is 2.71 bits per heavy atom. The number of hydrogen-bond donors (Lipinski definition) is 3. The number of carboxylic acid groups (broad SMARTS) is 1. The first-order valence-corrected chi connectivity index (χ1v) is 7.08. The normalized spacial score (nSPS) is 27.6. The van der Waals surface area contributed by atoms with Crippen LogP contribution in [0, 0.1) is 5.92 Å². The number of carboxylic acids is 1. The second kappa shape index (κ2) is 6.86. The summed E-state index contributed by atoms with van der Waals surface area (Å²) >= 11 is 0. The van der Waals surface area contributed by atoms with Gasteiger partial charge in [-0.05, 0) is 19.3 Å². The van der Waals surface area contributed by atoms with Crippen molar-refractivity contribution < 1.29 is 24.2 Å². The van der Waals surface area contributed by atoms with Crippen LogP contribution in [0.3, 0.4) is 0 Å². The number of aliphatic carboxylic acids is 1. The van der Waals surface area contributed by atoms with Crippen LogP contribution in [0.25, 0.3) is 0 Å². The van der Waals surface area contributed by atoms with E-state index >= 15 is 0 Å². The summed E-state index contributed by atoms with van der Waals surface area (Å²) in [5.41, 5.74) is 0. The number of rotatable bonds is 6. The Morgan fingerprint density at radius 2 is 2.10 bits per heavy atom. The molecule has 2 saturated heterocycles. The fourth-order valence-corrected chi connectivity index (χ4v) is 3.26. The third-order valence-electron chi connectivity index (χ3n) is 4.17. The Bertz CT molecular complexity index is 428. The Morgan fingerprint density at radius 1 is 1.33 bits per heavy atom. The van der Waals surface area contributed by atoms with Crippen LogP contribution in [0.2, 0.25) is 0 Å². The molecule has 2 bridgehead atoms. The van der Waals surface area contributed by atoms with Crippen molar-refractivity contribution in [2.24, 2.45) is 5.92 Å². The van der Waals surface area contributed by atoms with E-state index in [-0.39, 0.29) is 18.6 Å². The molecule has 0 aromatic rings. The lowest BCUT2D eigenvalue weighted by atomic mass is 9.89. The van der Waals surface area contributed by atoms with Gasteiger partial charge in [0.05, 0.1) is 19.1 Å². The molecule has 2 aliphatic rings. The molecule has 3 atom stereocenters. The predicted octanol–water partition coefficient (Wildman–Crippen LogP) is -0.604. The molecule has 0 saturated carbocycles.